The highest BCUT2D eigenvalue weighted by Gasteiger charge is 2.07. The molecule has 1 heterocycles. The first kappa shape index (κ1) is 7.98. The van der Waals surface area contributed by atoms with E-state index in [9.17, 15) is 5.21 Å². The van der Waals surface area contributed by atoms with E-state index in [2.05, 4.69) is 4.98 Å². The van der Waals surface area contributed by atoms with Gasteiger partial charge in [-0.05, 0) is 17.1 Å². The summed E-state index contributed by atoms with van der Waals surface area (Å²) in [6.07, 6.45) is 2.05. The zero-order valence-corrected chi connectivity index (χ0v) is 7.40. The molecule has 0 saturated heterocycles. The third-order valence-electron chi connectivity index (χ3n) is 2.12. The minimum absolute atomic E-state index is 0.729. The van der Waals surface area contributed by atoms with Gasteiger partial charge in [-0.15, -0.1) is 0 Å². The maximum Gasteiger partial charge on any atom is 0.290 e. The number of hydrogen-bond donors (Lipinski definition) is 0. The molecule has 66 valence electrons. The summed E-state index contributed by atoms with van der Waals surface area (Å²) in [5, 5.41) is 12.3. The summed E-state index contributed by atoms with van der Waals surface area (Å²) < 4.78 is 0.836. The van der Waals surface area contributed by atoms with Crippen LogP contribution in [0.5, 0.6) is 0 Å². The predicted molar refractivity (Wildman–Crippen MR) is 50.1 cm³/mol. The van der Waals surface area contributed by atoms with E-state index in [1.807, 2.05) is 31.2 Å². The van der Waals surface area contributed by atoms with Gasteiger partial charge in [0.05, 0.1) is 5.39 Å². The number of para-hydroxylation sites is 1. The van der Waals surface area contributed by atoms with Crippen LogP contribution >= 0.6 is 0 Å². The number of aryl methyl sites for hydroxylation is 1. The van der Waals surface area contributed by atoms with Gasteiger partial charge in [-0.25, -0.2) is 4.73 Å². The fourth-order valence-corrected chi connectivity index (χ4v) is 1.48. The molecule has 13 heavy (non-hydrogen) atoms. The number of nitrogens with zero attached hydrogens (tertiary/aromatic N) is 2. The number of aromatic nitrogens is 2. The highest BCUT2D eigenvalue weighted by molar-refractivity contribution is 5.79. The number of fused-ring (bicyclic) bond motifs is 1. The molecule has 0 aliphatic rings. The number of rotatable bonds is 1. The molecule has 0 amide bonds. The number of hydrogen-bond acceptors (Lipinski definition) is 2. The molecule has 0 aliphatic heterocycles. The Morgan fingerprint density at radius 3 is 2.92 bits per heavy atom. The summed E-state index contributed by atoms with van der Waals surface area (Å²) in [5.41, 5.74) is 1.66. The van der Waals surface area contributed by atoms with Crippen LogP contribution in [0.15, 0.2) is 30.6 Å². The summed E-state index contributed by atoms with van der Waals surface area (Å²) in [5.74, 6) is 0. The molecule has 3 nitrogen and oxygen atoms in total. The standard InChI is InChI=1S/C10H10N2O/c1-2-10-8-5-3-4-6-9(8)11-7-12(10)13/h3-7H,2H2,1H3. The third-order valence-corrected chi connectivity index (χ3v) is 2.12. The van der Waals surface area contributed by atoms with Crippen molar-refractivity contribution in [2.24, 2.45) is 0 Å². The third kappa shape index (κ3) is 1.22. The van der Waals surface area contributed by atoms with Gasteiger partial charge >= 0.3 is 0 Å². The second kappa shape index (κ2) is 3.01. The van der Waals surface area contributed by atoms with E-state index in [1.54, 1.807) is 0 Å². The summed E-state index contributed by atoms with van der Waals surface area (Å²) in [6, 6.07) is 7.68. The molecule has 0 radical (unpaired) electrons. The Hall–Kier alpha value is -1.64. The van der Waals surface area contributed by atoms with Gasteiger partial charge in [0.1, 0.15) is 5.69 Å². The molecule has 0 unspecified atom stereocenters. The number of benzene rings is 1. The van der Waals surface area contributed by atoms with Gasteiger partial charge in [-0.3, -0.25) is 0 Å². The first-order chi connectivity index (χ1) is 6.33. The Kier molecular flexibility index (Phi) is 1.85. The maximum atomic E-state index is 11.3. The van der Waals surface area contributed by atoms with Crippen molar-refractivity contribution in [3.63, 3.8) is 0 Å². The lowest BCUT2D eigenvalue weighted by Crippen LogP contribution is -2.31. The molecule has 1 aromatic carbocycles. The van der Waals surface area contributed by atoms with Crippen molar-refractivity contribution in [2.75, 3.05) is 0 Å². The van der Waals surface area contributed by atoms with Crippen molar-refractivity contribution in [1.82, 2.24) is 4.98 Å². The van der Waals surface area contributed by atoms with Crippen molar-refractivity contribution in [3.8, 4) is 0 Å². The van der Waals surface area contributed by atoms with Crippen LogP contribution in [0.4, 0.5) is 0 Å². The van der Waals surface area contributed by atoms with Gasteiger partial charge in [0.25, 0.3) is 6.33 Å². The molecule has 0 fully saturated rings. The molecule has 2 aromatic rings. The first-order valence-corrected chi connectivity index (χ1v) is 4.28. The van der Waals surface area contributed by atoms with Gasteiger partial charge in [-0.2, -0.15) is 0 Å². The molecular formula is C10H10N2O. The molecule has 0 bridgehead atoms. The quantitative estimate of drug-likeness (QED) is 0.484. The molecule has 0 N–H and O–H groups in total. The Morgan fingerprint density at radius 1 is 1.38 bits per heavy atom. The van der Waals surface area contributed by atoms with E-state index < -0.39 is 0 Å². The fraction of sp³-hybridized carbons (Fsp3) is 0.200. The maximum absolute atomic E-state index is 11.3. The van der Waals surface area contributed by atoms with E-state index in [0.29, 0.717) is 0 Å². The van der Waals surface area contributed by atoms with Gasteiger partial charge in [-0.1, -0.05) is 19.1 Å². The van der Waals surface area contributed by atoms with Gasteiger partial charge in [0.15, 0.2) is 5.52 Å². The molecule has 3 heteroatoms. The lowest BCUT2D eigenvalue weighted by molar-refractivity contribution is -0.615. The SMILES string of the molecule is CCc1c2ccccc2nc[n+]1[O-]. The van der Waals surface area contributed by atoms with E-state index >= 15 is 0 Å². The summed E-state index contributed by atoms with van der Waals surface area (Å²) in [4.78, 5) is 4.04. The van der Waals surface area contributed by atoms with Crippen LogP contribution in [-0.4, -0.2) is 4.98 Å². The Morgan fingerprint density at radius 2 is 2.15 bits per heavy atom. The van der Waals surface area contributed by atoms with Crippen LogP contribution < -0.4 is 4.73 Å². The minimum atomic E-state index is 0.729. The van der Waals surface area contributed by atoms with Crippen molar-refractivity contribution < 1.29 is 4.73 Å². The first-order valence-electron chi connectivity index (χ1n) is 4.28. The van der Waals surface area contributed by atoms with Crippen molar-refractivity contribution in [2.45, 2.75) is 13.3 Å². The van der Waals surface area contributed by atoms with Crippen LogP contribution in [-0.2, 0) is 6.42 Å². The van der Waals surface area contributed by atoms with Crippen molar-refractivity contribution in [1.29, 1.82) is 0 Å². The summed E-state index contributed by atoms with van der Waals surface area (Å²) in [6.45, 7) is 1.97. The monoisotopic (exact) mass is 174 g/mol. The van der Waals surface area contributed by atoms with E-state index in [4.69, 9.17) is 0 Å². The average Bonchev–Trinajstić information content (AvgIpc) is 2.18. The second-order valence-electron chi connectivity index (χ2n) is 2.89. The summed E-state index contributed by atoms with van der Waals surface area (Å²) in [7, 11) is 0. The lowest BCUT2D eigenvalue weighted by atomic mass is 10.1. The van der Waals surface area contributed by atoms with Gasteiger partial charge < -0.3 is 5.21 Å². The van der Waals surface area contributed by atoms with Crippen LogP contribution in [0.1, 0.15) is 12.6 Å². The fourth-order valence-electron chi connectivity index (χ4n) is 1.48. The Bertz CT molecular complexity index is 440. The Balaban J connectivity index is 2.84. The topological polar surface area (TPSA) is 39.8 Å². The molecular weight excluding hydrogens is 164 g/mol. The van der Waals surface area contributed by atoms with E-state index in [0.717, 1.165) is 27.7 Å². The zero-order valence-electron chi connectivity index (χ0n) is 7.40. The molecule has 0 atom stereocenters. The average molecular weight is 174 g/mol. The summed E-state index contributed by atoms with van der Waals surface area (Å²) >= 11 is 0. The molecule has 0 saturated carbocycles. The Labute approximate surface area is 76.2 Å². The molecule has 1 aromatic heterocycles. The second-order valence-corrected chi connectivity index (χ2v) is 2.89. The van der Waals surface area contributed by atoms with Gasteiger partial charge in [0.2, 0.25) is 0 Å². The van der Waals surface area contributed by atoms with Crippen molar-refractivity contribution >= 4 is 10.9 Å². The van der Waals surface area contributed by atoms with Crippen LogP contribution in [0, 0.1) is 5.21 Å². The smallest absolute Gasteiger partial charge is 0.290 e. The normalized spacial score (nSPS) is 10.5. The zero-order chi connectivity index (χ0) is 9.26. The van der Waals surface area contributed by atoms with Crippen LogP contribution in [0.3, 0.4) is 0 Å². The van der Waals surface area contributed by atoms with E-state index in [1.165, 1.54) is 6.33 Å². The highest BCUT2D eigenvalue weighted by atomic mass is 16.5. The van der Waals surface area contributed by atoms with E-state index in [-0.39, 0.29) is 0 Å². The van der Waals surface area contributed by atoms with Crippen molar-refractivity contribution in [3.05, 3.63) is 41.5 Å². The lowest BCUT2D eigenvalue weighted by Gasteiger charge is -2.07. The molecule has 2 rings (SSSR count). The highest BCUT2D eigenvalue weighted by Crippen LogP contribution is 2.12. The largest absolute Gasteiger partial charge is 0.711 e. The molecule has 0 spiro atoms. The van der Waals surface area contributed by atoms with Crippen LogP contribution in [0.2, 0.25) is 0 Å². The predicted octanol–water partition coefficient (Wildman–Crippen LogP) is 1.43. The van der Waals surface area contributed by atoms with Gasteiger partial charge in [0, 0.05) is 6.42 Å². The molecule has 0 aliphatic carbocycles. The minimum Gasteiger partial charge on any atom is -0.711 e. The van der Waals surface area contributed by atoms with Crippen LogP contribution in [0.25, 0.3) is 10.9 Å².